The number of benzene rings is 2. The predicted molar refractivity (Wildman–Crippen MR) is 137 cm³/mol. The van der Waals surface area contributed by atoms with Crippen LogP contribution in [0.25, 0.3) is 0 Å². The van der Waals surface area contributed by atoms with Gasteiger partial charge in [-0.3, -0.25) is 9.69 Å². The van der Waals surface area contributed by atoms with Gasteiger partial charge in [0, 0.05) is 43.8 Å². The Kier molecular flexibility index (Phi) is 7.00. The van der Waals surface area contributed by atoms with Crippen molar-refractivity contribution in [3.05, 3.63) is 58.1 Å². The SMILES string of the molecule is COC(=O)C[C@@H]1COc2cc(O[C@@H]3CCc4c3ccc(C(F)(F)F)c4CN3CCC4(CCCO4)CC3)ccc21. The third-order valence-corrected chi connectivity index (χ3v) is 8.89. The molecule has 1 aliphatic carbocycles. The van der Waals surface area contributed by atoms with E-state index in [0.717, 1.165) is 62.1 Å². The zero-order valence-corrected chi connectivity index (χ0v) is 22.1. The van der Waals surface area contributed by atoms with E-state index in [1.54, 1.807) is 6.07 Å². The van der Waals surface area contributed by atoms with Gasteiger partial charge in [-0.15, -0.1) is 0 Å². The van der Waals surface area contributed by atoms with Crippen molar-refractivity contribution in [1.29, 1.82) is 0 Å². The summed E-state index contributed by atoms with van der Waals surface area (Å²) in [5, 5.41) is 0. The number of halogens is 3. The van der Waals surface area contributed by atoms with Crippen LogP contribution in [0.3, 0.4) is 0 Å². The van der Waals surface area contributed by atoms with Crippen LogP contribution in [0.4, 0.5) is 13.2 Å². The minimum absolute atomic E-state index is 0.0676. The molecule has 2 saturated heterocycles. The second-order valence-corrected chi connectivity index (χ2v) is 11.2. The quantitative estimate of drug-likeness (QED) is 0.418. The summed E-state index contributed by atoms with van der Waals surface area (Å²) in [6, 6.07) is 8.37. The first-order chi connectivity index (χ1) is 18.7. The lowest BCUT2D eigenvalue weighted by Crippen LogP contribution is -2.43. The molecule has 0 bridgehead atoms. The van der Waals surface area contributed by atoms with Crippen molar-refractivity contribution in [2.45, 2.75) is 75.3 Å². The number of hydrogen-bond donors (Lipinski definition) is 0. The third-order valence-electron chi connectivity index (χ3n) is 8.89. The van der Waals surface area contributed by atoms with Crippen molar-refractivity contribution in [3.8, 4) is 11.5 Å². The molecule has 6 rings (SSSR count). The van der Waals surface area contributed by atoms with E-state index in [1.807, 2.05) is 18.2 Å². The molecular formula is C30H34F3NO5. The Balaban J connectivity index is 1.20. The van der Waals surface area contributed by atoms with Crippen LogP contribution in [0.1, 0.15) is 78.4 Å². The van der Waals surface area contributed by atoms with Crippen LogP contribution in [0.5, 0.6) is 11.5 Å². The van der Waals surface area contributed by atoms with Crippen LogP contribution in [0, 0.1) is 0 Å². The minimum Gasteiger partial charge on any atom is -0.492 e. The number of hydrogen-bond acceptors (Lipinski definition) is 6. The van der Waals surface area contributed by atoms with Crippen molar-refractivity contribution < 1.29 is 36.9 Å². The van der Waals surface area contributed by atoms with Crippen LogP contribution in [-0.2, 0) is 33.4 Å². The van der Waals surface area contributed by atoms with Crippen molar-refractivity contribution in [1.82, 2.24) is 4.90 Å². The molecule has 2 aromatic rings. The number of likely N-dealkylation sites (tertiary alicyclic amines) is 1. The number of carbonyl (C=O) groups is 1. The highest BCUT2D eigenvalue weighted by molar-refractivity contribution is 5.71. The average molecular weight is 546 g/mol. The Labute approximate surface area is 226 Å². The van der Waals surface area contributed by atoms with Gasteiger partial charge in [0.2, 0.25) is 0 Å². The second-order valence-electron chi connectivity index (χ2n) is 11.2. The first kappa shape index (κ1) is 26.4. The number of methoxy groups -OCH3 is 1. The maximum absolute atomic E-state index is 14.1. The fraction of sp³-hybridized carbons (Fsp3) is 0.567. The van der Waals surface area contributed by atoms with Crippen LogP contribution in [0.2, 0.25) is 0 Å². The van der Waals surface area contributed by atoms with E-state index in [4.69, 9.17) is 18.9 Å². The molecule has 39 heavy (non-hydrogen) atoms. The fourth-order valence-corrected chi connectivity index (χ4v) is 6.75. The molecule has 2 fully saturated rings. The molecule has 1 spiro atoms. The maximum Gasteiger partial charge on any atom is 0.416 e. The lowest BCUT2D eigenvalue weighted by molar-refractivity contribution is -0.141. The Hall–Kier alpha value is -2.78. The summed E-state index contributed by atoms with van der Waals surface area (Å²) in [6.45, 7) is 2.96. The molecular weight excluding hydrogens is 511 g/mol. The van der Waals surface area contributed by atoms with E-state index in [2.05, 4.69) is 4.90 Å². The number of carbonyl (C=O) groups excluding carboxylic acids is 1. The van der Waals surface area contributed by atoms with Gasteiger partial charge in [-0.2, -0.15) is 13.2 Å². The average Bonchev–Trinajstić information content (AvgIpc) is 3.65. The van der Waals surface area contributed by atoms with Crippen LogP contribution < -0.4 is 9.47 Å². The van der Waals surface area contributed by atoms with E-state index in [0.29, 0.717) is 36.5 Å². The number of rotatable bonds is 6. The second kappa shape index (κ2) is 10.3. The lowest BCUT2D eigenvalue weighted by atomic mass is 9.88. The van der Waals surface area contributed by atoms with Crippen LogP contribution in [-0.4, -0.2) is 49.9 Å². The topological polar surface area (TPSA) is 57.2 Å². The molecule has 210 valence electrons. The molecule has 2 aromatic carbocycles. The van der Waals surface area contributed by atoms with Crippen LogP contribution >= 0.6 is 0 Å². The van der Waals surface area contributed by atoms with Gasteiger partial charge in [-0.05, 0) is 67.3 Å². The number of esters is 1. The van der Waals surface area contributed by atoms with Gasteiger partial charge >= 0.3 is 12.1 Å². The van der Waals surface area contributed by atoms with Gasteiger partial charge < -0.3 is 18.9 Å². The van der Waals surface area contributed by atoms with Crippen LogP contribution in [0.15, 0.2) is 30.3 Å². The normalized spacial score (nSPS) is 23.9. The number of fused-ring (bicyclic) bond motifs is 2. The molecule has 0 amide bonds. The van der Waals surface area contributed by atoms with Crippen molar-refractivity contribution in [2.24, 2.45) is 0 Å². The molecule has 3 heterocycles. The Morgan fingerprint density at radius 1 is 1.13 bits per heavy atom. The van der Waals surface area contributed by atoms with Gasteiger partial charge in [-0.1, -0.05) is 12.1 Å². The highest BCUT2D eigenvalue weighted by atomic mass is 19.4. The number of ether oxygens (including phenoxy) is 4. The molecule has 0 N–H and O–H groups in total. The molecule has 2 atom stereocenters. The number of piperidine rings is 1. The Morgan fingerprint density at radius 3 is 2.64 bits per heavy atom. The lowest BCUT2D eigenvalue weighted by Gasteiger charge is -2.39. The molecule has 6 nitrogen and oxygen atoms in total. The Morgan fingerprint density at radius 2 is 1.92 bits per heavy atom. The summed E-state index contributed by atoms with van der Waals surface area (Å²) in [5.41, 5.74) is 2.31. The summed E-state index contributed by atoms with van der Waals surface area (Å²) in [5.74, 6) is 0.915. The highest BCUT2D eigenvalue weighted by Gasteiger charge is 2.41. The minimum atomic E-state index is -4.41. The summed E-state index contributed by atoms with van der Waals surface area (Å²) < 4.78 is 65.2. The highest BCUT2D eigenvalue weighted by Crippen LogP contribution is 2.45. The molecule has 0 aromatic heterocycles. The van der Waals surface area contributed by atoms with E-state index in [-0.39, 0.29) is 36.6 Å². The zero-order chi connectivity index (χ0) is 27.2. The van der Waals surface area contributed by atoms with Gasteiger partial charge in [0.05, 0.1) is 31.3 Å². The molecule has 3 aliphatic heterocycles. The van der Waals surface area contributed by atoms with E-state index >= 15 is 0 Å². The summed E-state index contributed by atoms with van der Waals surface area (Å²) in [7, 11) is 1.37. The maximum atomic E-state index is 14.1. The monoisotopic (exact) mass is 545 g/mol. The third kappa shape index (κ3) is 5.23. The van der Waals surface area contributed by atoms with E-state index in [9.17, 15) is 18.0 Å². The first-order valence-electron chi connectivity index (χ1n) is 13.8. The zero-order valence-electron chi connectivity index (χ0n) is 22.1. The standard InChI is InChI=1S/C30H34F3NO5/c1-36-28(35)15-19-18-37-27-16-20(3-4-21(19)27)39-26-8-6-22-23(26)5-7-25(30(31,32)33)24(22)17-34-12-10-29(11-13-34)9-2-14-38-29/h3-5,7,16,19,26H,2,6,8-15,17-18H2,1H3/t19-,26-/m1/s1. The van der Waals surface area contributed by atoms with Crippen molar-refractivity contribution >= 4 is 5.97 Å². The summed E-state index contributed by atoms with van der Waals surface area (Å²) in [6.07, 6.45) is 0.521. The van der Waals surface area contributed by atoms with Gasteiger partial charge in [0.25, 0.3) is 0 Å². The number of alkyl halides is 3. The first-order valence-corrected chi connectivity index (χ1v) is 13.8. The fourth-order valence-electron chi connectivity index (χ4n) is 6.75. The Bertz CT molecular complexity index is 1230. The predicted octanol–water partition coefficient (Wildman–Crippen LogP) is 5.96. The van der Waals surface area contributed by atoms with Crippen molar-refractivity contribution in [2.75, 3.05) is 33.4 Å². The summed E-state index contributed by atoms with van der Waals surface area (Å²) >= 11 is 0. The van der Waals surface area contributed by atoms with Gasteiger partial charge in [0.1, 0.15) is 17.6 Å². The van der Waals surface area contributed by atoms with Gasteiger partial charge in [0.15, 0.2) is 0 Å². The molecule has 0 unspecified atom stereocenters. The van der Waals surface area contributed by atoms with Gasteiger partial charge in [-0.25, -0.2) is 0 Å². The molecule has 4 aliphatic rings. The number of nitrogens with zero attached hydrogens (tertiary/aromatic N) is 1. The summed E-state index contributed by atoms with van der Waals surface area (Å²) in [4.78, 5) is 13.9. The smallest absolute Gasteiger partial charge is 0.416 e. The molecule has 0 radical (unpaired) electrons. The van der Waals surface area contributed by atoms with E-state index < -0.39 is 11.7 Å². The van der Waals surface area contributed by atoms with Crippen molar-refractivity contribution in [3.63, 3.8) is 0 Å². The molecule has 0 saturated carbocycles. The largest absolute Gasteiger partial charge is 0.492 e. The molecule has 9 heteroatoms. The van der Waals surface area contributed by atoms with E-state index in [1.165, 1.54) is 13.2 Å².